The Morgan fingerprint density at radius 1 is 0.750 bits per heavy atom. The first-order valence-corrected chi connectivity index (χ1v) is 13.9. The molecule has 1 heterocycles. The molecule has 0 spiro atoms. The molecule has 0 aromatic heterocycles. The second-order valence-electron chi connectivity index (χ2n) is 8.95. The molecule has 36 heavy (non-hydrogen) atoms. The van der Waals surface area contributed by atoms with Crippen LogP contribution in [0.5, 0.6) is 5.75 Å². The summed E-state index contributed by atoms with van der Waals surface area (Å²) in [4.78, 5) is 2.40. The van der Waals surface area contributed by atoms with Gasteiger partial charge in [0, 0.05) is 22.6 Å². The van der Waals surface area contributed by atoms with E-state index < -0.39 is 7.92 Å². The number of hydrogen-bond acceptors (Lipinski definition) is 2. The number of fused-ring (bicyclic) bond motifs is 1. The fourth-order valence-corrected chi connectivity index (χ4v) is 7.73. The quantitative estimate of drug-likeness (QED) is 0.229. The van der Waals surface area contributed by atoms with Gasteiger partial charge in [0.2, 0.25) is 0 Å². The van der Waals surface area contributed by atoms with Crippen LogP contribution in [0.3, 0.4) is 0 Å². The van der Waals surface area contributed by atoms with Crippen molar-refractivity contribution in [3.05, 3.63) is 145 Å². The average Bonchev–Trinajstić information content (AvgIpc) is 3.56. The van der Waals surface area contributed by atoms with Gasteiger partial charge in [-0.25, -0.2) is 0 Å². The predicted octanol–water partition coefficient (Wildman–Crippen LogP) is 6.19. The number of para-hydroxylation sites is 2. The summed E-state index contributed by atoms with van der Waals surface area (Å²) in [6.07, 6.45) is 6.78. The molecule has 2 aliphatic rings. The molecule has 0 unspecified atom stereocenters. The number of rotatable bonds is 6. The number of hydrogen-bond donors (Lipinski definition) is 0. The molecule has 0 saturated heterocycles. The summed E-state index contributed by atoms with van der Waals surface area (Å²) in [5, 5.41) is 3.43. The zero-order valence-electron chi connectivity index (χ0n) is 20.0. The molecule has 6 rings (SSSR count). The van der Waals surface area contributed by atoms with Gasteiger partial charge in [-0.2, -0.15) is 0 Å². The molecule has 0 bridgehead atoms. The molecule has 1 aliphatic carbocycles. The lowest BCUT2D eigenvalue weighted by Gasteiger charge is -2.38. The van der Waals surface area contributed by atoms with Crippen LogP contribution in [-0.4, -0.2) is 13.1 Å². The van der Waals surface area contributed by atoms with Crippen LogP contribution in [0.1, 0.15) is 6.92 Å². The topological polar surface area (TPSA) is 12.5 Å². The standard InChI is InChI=1S/C31H25BClNOP/c1-23(34-29-16-8-9-17-30(29)35-32(34)24-19-21-25(33)22-20-24)28-15-10-18-31(28)36(26-11-4-2-5-12-26)27-13-6-3-7-14-27/h2-23H,1H3/t23-/m0/s1. The molecule has 1 saturated carbocycles. The fraction of sp³-hybridized carbons (Fsp3) is 0.0645. The van der Waals surface area contributed by atoms with E-state index >= 15 is 0 Å². The fourth-order valence-electron chi connectivity index (χ4n) is 5.05. The minimum Gasteiger partial charge on any atom is -0.536 e. The Bertz CT molecular complexity index is 1260. The van der Waals surface area contributed by atoms with Gasteiger partial charge in [-0.05, 0) is 74.4 Å². The highest BCUT2D eigenvalue weighted by atomic mass is 35.5. The summed E-state index contributed by atoms with van der Waals surface area (Å²) in [6, 6.07) is 38.2. The van der Waals surface area contributed by atoms with Crippen molar-refractivity contribution in [2.24, 2.45) is 0 Å². The number of nitrogens with zero attached hydrogens (tertiary/aromatic N) is 1. The van der Waals surface area contributed by atoms with Crippen molar-refractivity contribution < 1.29 is 4.65 Å². The Labute approximate surface area is 221 Å². The Morgan fingerprint density at radius 3 is 2.03 bits per heavy atom. The smallest absolute Gasteiger partial charge is 0.519 e. The molecule has 1 aliphatic heterocycles. The van der Waals surface area contributed by atoms with Gasteiger partial charge >= 0.3 is 7.05 Å². The van der Waals surface area contributed by atoms with E-state index in [4.69, 9.17) is 16.3 Å². The van der Waals surface area contributed by atoms with Gasteiger partial charge in [0.05, 0.1) is 5.69 Å². The van der Waals surface area contributed by atoms with Crippen LogP contribution in [0.15, 0.2) is 109 Å². The molecule has 1 atom stereocenters. The third-order valence-corrected chi connectivity index (χ3v) is 9.52. The molecule has 0 amide bonds. The van der Waals surface area contributed by atoms with Crippen LogP contribution in [0.4, 0.5) is 5.69 Å². The third kappa shape index (κ3) is 4.45. The number of halogens is 1. The third-order valence-electron chi connectivity index (χ3n) is 6.75. The lowest BCUT2D eigenvalue weighted by atomic mass is 9.70. The van der Waals surface area contributed by atoms with E-state index in [0.717, 1.165) is 21.9 Å². The normalized spacial score (nSPS) is 16.9. The lowest BCUT2D eigenvalue weighted by molar-refractivity contribution is 0.596. The van der Waals surface area contributed by atoms with Gasteiger partial charge in [0.15, 0.2) is 0 Å². The summed E-state index contributed by atoms with van der Waals surface area (Å²) < 4.78 is 6.52. The van der Waals surface area contributed by atoms with E-state index in [-0.39, 0.29) is 13.1 Å². The Balaban J connectivity index is 1.39. The molecule has 4 aromatic carbocycles. The van der Waals surface area contributed by atoms with Gasteiger partial charge in [-0.3, -0.25) is 0 Å². The zero-order valence-corrected chi connectivity index (χ0v) is 21.6. The van der Waals surface area contributed by atoms with E-state index in [9.17, 15) is 0 Å². The number of benzene rings is 4. The number of anilines is 1. The summed E-state index contributed by atoms with van der Waals surface area (Å²) >= 11 is 6.21. The van der Waals surface area contributed by atoms with Gasteiger partial charge < -0.3 is 9.47 Å². The van der Waals surface area contributed by atoms with Gasteiger partial charge in [0.25, 0.3) is 0 Å². The van der Waals surface area contributed by atoms with Gasteiger partial charge in [-0.15, -0.1) is 0 Å². The maximum atomic E-state index is 6.52. The van der Waals surface area contributed by atoms with Crippen molar-refractivity contribution in [2.75, 3.05) is 4.81 Å². The summed E-state index contributed by atoms with van der Waals surface area (Å²) in [5.41, 5.74) is 3.58. The Hall–Kier alpha value is -2.74. The van der Waals surface area contributed by atoms with Crippen molar-refractivity contribution in [1.29, 1.82) is 0 Å². The van der Waals surface area contributed by atoms with Crippen LogP contribution < -0.4 is 25.5 Å². The summed E-state index contributed by atoms with van der Waals surface area (Å²) in [7, 11) is -0.927. The summed E-state index contributed by atoms with van der Waals surface area (Å²) in [5.74, 6) is 2.24. The Morgan fingerprint density at radius 2 is 1.36 bits per heavy atom. The van der Waals surface area contributed by atoms with E-state index in [0.29, 0.717) is 0 Å². The second-order valence-corrected chi connectivity index (χ2v) is 11.6. The van der Waals surface area contributed by atoms with E-state index in [1.54, 1.807) is 0 Å². The van der Waals surface area contributed by atoms with E-state index in [2.05, 4.69) is 122 Å². The SMILES string of the molecule is C[C@@H]([C]1[CH][CH][CH][C]1P(c1ccccc1)c1ccccc1)N1B(c2ccc(Cl)cc2)Oc2ccccc21. The van der Waals surface area contributed by atoms with E-state index in [1.165, 1.54) is 22.2 Å². The first-order valence-electron chi connectivity index (χ1n) is 12.2. The minimum absolute atomic E-state index is 0.0942. The van der Waals surface area contributed by atoms with Gasteiger partial charge in [-0.1, -0.05) is 96.5 Å². The second kappa shape index (κ2) is 10.3. The van der Waals surface area contributed by atoms with Crippen LogP contribution in [0.25, 0.3) is 0 Å². The first kappa shape index (κ1) is 23.7. The molecule has 2 nitrogen and oxygen atoms in total. The Kier molecular flexibility index (Phi) is 6.78. The molecule has 5 radical (unpaired) electrons. The van der Waals surface area contributed by atoms with Crippen molar-refractivity contribution in [2.45, 2.75) is 13.0 Å². The van der Waals surface area contributed by atoms with Crippen LogP contribution in [-0.2, 0) is 0 Å². The maximum Gasteiger partial charge on any atom is 0.519 e. The average molecular weight is 505 g/mol. The molecule has 175 valence electrons. The monoisotopic (exact) mass is 504 g/mol. The van der Waals surface area contributed by atoms with Crippen LogP contribution >= 0.6 is 19.5 Å². The van der Waals surface area contributed by atoms with Crippen molar-refractivity contribution >= 4 is 48.3 Å². The van der Waals surface area contributed by atoms with Crippen molar-refractivity contribution in [3.63, 3.8) is 0 Å². The highest BCUT2D eigenvalue weighted by Crippen LogP contribution is 2.58. The summed E-state index contributed by atoms with van der Waals surface area (Å²) in [6.45, 7) is 2.29. The molecule has 0 N–H and O–H groups in total. The van der Waals surface area contributed by atoms with Crippen LogP contribution in [0.2, 0.25) is 5.02 Å². The van der Waals surface area contributed by atoms with Gasteiger partial charge in [0.1, 0.15) is 5.75 Å². The first-order chi connectivity index (χ1) is 17.7. The van der Waals surface area contributed by atoms with Crippen molar-refractivity contribution in [1.82, 2.24) is 0 Å². The molecule has 4 aromatic rings. The molecular weight excluding hydrogens is 480 g/mol. The maximum absolute atomic E-state index is 6.52. The molecule has 1 fully saturated rings. The lowest BCUT2D eigenvalue weighted by Crippen LogP contribution is -2.55. The largest absolute Gasteiger partial charge is 0.536 e. The highest BCUT2D eigenvalue weighted by Gasteiger charge is 2.47. The molecule has 5 heteroatoms. The van der Waals surface area contributed by atoms with Crippen molar-refractivity contribution in [3.8, 4) is 5.75 Å². The predicted molar refractivity (Wildman–Crippen MR) is 154 cm³/mol. The zero-order chi connectivity index (χ0) is 24.5. The molecular formula is C31H25BClNOP. The van der Waals surface area contributed by atoms with Crippen LogP contribution in [0, 0.1) is 30.8 Å². The minimum atomic E-state index is -0.702. The highest BCUT2D eigenvalue weighted by molar-refractivity contribution is 7.76. The van der Waals surface area contributed by atoms with E-state index in [1.807, 2.05) is 18.2 Å².